The number of fused-ring (bicyclic) bond motifs is 1. The summed E-state index contributed by atoms with van der Waals surface area (Å²) >= 11 is 0. The van der Waals surface area contributed by atoms with Crippen LogP contribution in [0.4, 0.5) is 4.39 Å². The molecule has 0 bridgehead atoms. The van der Waals surface area contributed by atoms with Gasteiger partial charge < -0.3 is 16.2 Å². The molecule has 0 unspecified atom stereocenters. The number of rotatable bonds is 5. The van der Waals surface area contributed by atoms with Gasteiger partial charge in [0.05, 0.1) is 0 Å². The second kappa shape index (κ2) is 6.83. The van der Waals surface area contributed by atoms with Crippen molar-refractivity contribution in [2.45, 2.75) is 13.5 Å². The van der Waals surface area contributed by atoms with E-state index < -0.39 is 17.8 Å². The first-order valence-corrected chi connectivity index (χ1v) is 7.72. The standard InChI is InChI=1S/C17H14FN5O4/c1-8-4-9(2-3-10(8)18)6-20-16(25)11-5-12(17(26)27)23-7-21-13(14(19)24)15(23)22-11/h2-5,7H,6H2,1H3,(H2,19,24)(H,20,25)(H,26,27). The number of aromatic carboxylic acids is 1. The fraction of sp³-hybridized carbons (Fsp3) is 0.118. The minimum absolute atomic E-state index is 0.0805. The zero-order chi connectivity index (χ0) is 19.7. The first kappa shape index (κ1) is 18.0. The number of carbonyl (C=O) groups is 3. The van der Waals surface area contributed by atoms with Gasteiger partial charge in [0.2, 0.25) is 0 Å². The molecule has 2 aromatic heterocycles. The maximum Gasteiger partial charge on any atom is 0.353 e. The van der Waals surface area contributed by atoms with Crippen molar-refractivity contribution in [1.29, 1.82) is 0 Å². The minimum Gasteiger partial charge on any atom is -0.477 e. The molecule has 2 heterocycles. The van der Waals surface area contributed by atoms with Crippen molar-refractivity contribution in [2.24, 2.45) is 5.73 Å². The lowest BCUT2D eigenvalue weighted by molar-refractivity contribution is 0.0688. The highest BCUT2D eigenvalue weighted by Gasteiger charge is 2.20. The molecule has 0 atom stereocenters. The van der Waals surface area contributed by atoms with Gasteiger partial charge in [0.25, 0.3) is 11.8 Å². The van der Waals surface area contributed by atoms with Crippen molar-refractivity contribution in [3.8, 4) is 0 Å². The highest BCUT2D eigenvalue weighted by Crippen LogP contribution is 2.13. The normalized spacial score (nSPS) is 10.7. The van der Waals surface area contributed by atoms with Gasteiger partial charge in [-0.15, -0.1) is 0 Å². The second-order valence-corrected chi connectivity index (χ2v) is 5.75. The van der Waals surface area contributed by atoms with Crippen LogP contribution in [0.5, 0.6) is 0 Å². The van der Waals surface area contributed by atoms with Gasteiger partial charge in [-0.1, -0.05) is 12.1 Å². The monoisotopic (exact) mass is 371 g/mol. The van der Waals surface area contributed by atoms with E-state index in [1.165, 1.54) is 12.1 Å². The first-order valence-electron chi connectivity index (χ1n) is 7.72. The zero-order valence-electron chi connectivity index (χ0n) is 14.1. The highest BCUT2D eigenvalue weighted by atomic mass is 19.1. The lowest BCUT2D eigenvalue weighted by atomic mass is 10.1. The van der Waals surface area contributed by atoms with E-state index >= 15 is 0 Å². The Morgan fingerprint density at radius 3 is 2.67 bits per heavy atom. The van der Waals surface area contributed by atoms with Gasteiger partial charge in [0, 0.05) is 12.6 Å². The number of hydrogen-bond donors (Lipinski definition) is 3. The summed E-state index contributed by atoms with van der Waals surface area (Å²) < 4.78 is 14.4. The van der Waals surface area contributed by atoms with Gasteiger partial charge in [-0.2, -0.15) is 0 Å². The maximum atomic E-state index is 13.3. The molecule has 138 valence electrons. The van der Waals surface area contributed by atoms with Crippen molar-refractivity contribution < 1.29 is 23.9 Å². The number of nitrogens with zero attached hydrogens (tertiary/aromatic N) is 3. The van der Waals surface area contributed by atoms with Crippen LogP contribution in [0.1, 0.15) is 42.6 Å². The number of carbonyl (C=O) groups excluding carboxylic acids is 2. The summed E-state index contributed by atoms with van der Waals surface area (Å²) in [5, 5.41) is 11.9. The van der Waals surface area contributed by atoms with Crippen molar-refractivity contribution in [3.05, 3.63) is 64.6 Å². The Bertz CT molecular complexity index is 1090. The van der Waals surface area contributed by atoms with Crippen molar-refractivity contribution in [2.75, 3.05) is 0 Å². The Morgan fingerprint density at radius 2 is 2.04 bits per heavy atom. The van der Waals surface area contributed by atoms with E-state index in [9.17, 15) is 23.9 Å². The molecule has 3 rings (SSSR count). The quantitative estimate of drug-likeness (QED) is 0.609. The average molecular weight is 371 g/mol. The summed E-state index contributed by atoms with van der Waals surface area (Å²) in [6.07, 6.45) is 1.09. The number of aryl methyl sites for hydroxylation is 1. The molecule has 4 N–H and O–H groups in total. The molecule has 3 aromatic rings. The van der Waals surface area contributed by atoms with Gasteiger partial charge in [-0.3, -0.25) is 14.0 Å². The lowest BCUT2D eigenvalue weighted by Gasteiger charge is -2.08. The number of carboxylic acid groups (broad SMARTS) is 1. The minimum atomic E-state index is -1.33. The van der Waals surface area contributed by atoms with Gasteiger partial charge >= 0.3 is 5.97 Å². The van der Waals surface area contributed by atoms with Gasteiger partial charge in [-0.05, 0) is 24.1 Å². The average Bonchev–Trinajstić information content (AvgIpc) is 3.05. The van der Waals surface area contributed by atoms with Crippen molar-refractivity contribution >= 4 is 23.4 Å². The number of nitrogens with two attached hydrogens (primary N) is 1. The molecule has 0 fully saturated rings. The Hall–Kier alpha value is -3.82. The van der Waals surface area contributed by atoms with Gasteiger partial charge in [0.1, 0.15) is 23.5 Å². The van der Waals surface area contributed by atoms with Crippen LogP contribution >= 0.6 is 0 Å². The number of primary amides is 1. The van der Waals surface area contributed by atoms with Crippen molar-refractivity contribution in [3.63, 3.8) is 0 Å². The molecule has 0 radical (unpaired) electrons. The van der Waals surface area contributed by atoms with Crippen LogP contribution in [-0.2, 0) is 6.54 Å². The van der Waals surface area contributed by atoms with E-state index in [0.29, 0.717) is 11.1 Å². The predicted molar refractivity (Wildman–Crippen MR) is 90.8 cm³/mol. The second-order valence-electron chi connectivity index (χ2n) is 5.75. The molecule has 0 saturated heterocycles. The Morgan fingerprint density at radius 1 is 1.30 bits per heavy atom. The maximum absolute atomic E-state index is 13.3. The summed E-state index contributed by atoms with van der Waals surface area (Å²) in [6, 6.07) is 5.45. The zero-order valence-corrected chi connectivity index (χ0v) is 14.1. The van der Waals surface area contributed by atoms with Crippen LogP contribution in [0.25, 0.3) is 5.65 Å². The molecule has 2 amide bonds. The molecule has 0 aliphatic heterocycles. The molecule has 1 aromatic carbocycles. The summed E-state index contributed by atoms with van der Waals surface area (Å²) in [5.74, 6) is -3.26. The summed E-state index contributed by atoms with van der Waals surface area (Å²) in [7, 11) is 0. The molecule has 0 saturated carbocycles. The van der Waals surface area contributed by atoms with Crippen LogP contribution < -0.4 is 11.1 Å². The number of imidazole rings is 1. The smallest absolute Gasteiger partial charge is 0.353 e. The number of nitrogens with one attached hydrogen (secondary N) is 1. The number of carboxylic acids is 1. The van der Waals surface area contributed by atoms with Crippen LogP contribution in [0, 0.1) is 12.7 Å². The van der Waals surface area contributed by atoms with Crippen LogP contribution in [-0.4, -0.2) is 37.3 Å². The van der Waals surface area contributed by atoms with Crippen LogP contribution in [0.2, 0.25) is 0 Å². The summed E-state index contributed by atoms with van der Waals surface area (Å²) in [4.78, 5) is 43.1. The first-order chi connectivity index (χ1) is 12.8. The Kier molecular flexibility index (Phi) is 4.55. The summed E-state index contributed by atoms with van der Waals surface area (Å²) in [6.45, 7) is 1.68. The third-order valence-electron chi connectivity index (χ3n) is 3.86. The molecule has 9 nitrogen and oxygen atoms in total. The van der Waals surface area contributed by atoms with E-state index in [2.05, 4.69) is 15.3 Å². The number of hydrogen-bond acceptors (Lipinski definition) is 5. The molecule has 0 spiro atoms. The Labute approximate surface area is 151 Å². The van der Waals surface area contributed by atoms with E-state index in [1.807, 2.05) is 0 Å². The number of aromatic nitrogens is 3. The molecule has 0 aliphatic carbocycles. The van der Waals surface area contributed by atoms with E-state index in [0.717, 1.165) is 16.8 Å². The SMILES string of the molecule is Cc1cc(CNC(=O)c2cc(C(=O)O)n3cnc(C(N)=O)c3n2)ccc1F. The molecule has 27 heavy (non-hydrogen) atoms. The van der Waals surface area contributed by atoms with Gasteiger partial charge in [0.15, 0.2) is 11.3 Å². The fourth-order valence-electron chi connectivity index (χ4n) is 2.52. The topological polar surface area (TPSA) is 140 Å². The van der Waals surface area contributed by atoms with Gasteiger partial charge in [-0.25, -0.2) is 19.2 Å². The fourth-order valence-corrected chi connectivity index (χ4v) is 2.52. The number of benzene rings is 1. The van der Waals surface area contributed by atoms with E-state index in [4.69, 9.17) is 5.73 Å². The number of halogens is 1. The van der Waals surface area contributed by atoms with E-state index in [1.54, 1.807) is 13.0 Å². The third kappa shape index (κ3) is 3.45. The lowest BCUT2D eigenvalue weighted by Crippen LogP contribution is -2.25. The summed E-state index contributed by atoms with van der Waals surface area (Å²) in [5.41, 5.74) is 5.38. The highest BCUT2D eigenvalue weighted by molar-refractivity contribution is 6.00. The number of amides is 2. The molecular formula is C17H14FN5O4. The molecule has 0 aliphatic rings. The predicted octanol–water partition coefficient (Wildman–Crippen LogP) is 0.904. The van der Waals surface area contributed by atoms with Crippen LogP contribution in [0.3, 0.4) is 0 Å². The van der Waals surface area contributed by atoms with Crippen molar-refractivity contribution in [1.82, 2.24) is 19.7 Å². The largest absolute Gasteiger partial charge is 0.477 e. The molecule has 10 heteroatoms. The Balaban J connectivity index is 1.93. The van der Waals surface area contributed by atoms with E-state index in [-0.39, 0.29) is 35.1 Å². The molecular weight excluding hydrogens is 357 g/mol. The van der Waals surface area contributed by atoms with Crippen LogP contribution in [0.15, 0.2) is 30.6 Å². The third-order valence-corrected chi connectivity index (χ3v) is 3.86.